The minimum absolute atomic E-state index is 0.00892. The van der Waals surface area contributed by atoms with Crippen LogP contribution in [0.1, 0.15) is 0 Å². The van der Waals surface area contributed by atoms with E-state index in [4.69, 9.17) is 23.4 Å². The zero-order chi connectivity index (χ0) is 11.3. The number of hydrogen-bond acceptors (Lipinski definition) is 2. The summed E-state index contributed by atoms with van der Waals surface area (Å²) in [5.41, 5.74) is 1.26. The molecule has 5 heteroatoms. The molecule has 0 radical (unpaired) electrons. The van der Waals surface area contributed by atoms with E-state index in [1.807, 2.05) is 12.1 Å². The van der Waals surface area contributed by atoms with Gasteiger partial charge in [0.25, 0.3) is 0 Å². The Labute approximate surface area is 101 Å². The normalized spacial score (nSPS) is 11.4. The molecule has 0 aliphatic rings. The zero-order valence-corrected chi connectivity index (χ0v) is 9.50. The van der Waals surface area contributed by atoms with Crippen LogP contribution in [-0.2, 0) is 0 Å². The van der Waals surface area contributed by atoms with Crippen molar-refractivity contribution in [1.82, 2.24) is 9.07 Å². The molecule has 3 nitrogen and oxygen atoms in total. The molecule has 2 heterocycles. The molecule has 0 spiro atoms. The smallest absolute Gasteiger partial charge is 0.159 e. The zero-order valence-electron chi connectivity index (χ0n) is 7.98. The summed E-state index contributed by atoms with van der Waals surface area (Å²) in [5, 5.41) is 12.0. The van der Waals surface area contributed by atoms with Crippen LogP contribution in [0.2, 0.25) is 5.02 Å². The van der Waals surface area contributed by atoms with Gasteiger partial charge in [0.1, 0.15) is 5.52 Å². The number of hydrogen-bond donors (Lipinski definition) is 1. The van der Waals surface area contributed by atoms with E-state index in [9.17, 15) is 5.11 Å². The molecule has 1 N–H and O–H groups in total. The summed E-state index contributed by atoms with van der Waals surface area (Å²) in [6.45, 7) is 0. The molecular weight excluding hydrogens is 247 g/mol. The Morgan fingerprint density at radius 2 is 2.00 bits per heavy atom. The molecule has 3 rings (SSSR count). The van der Waals surface area contributed by atoms with Crippen LogP contribution in [0.15, 0.2) is 30.6 Å². The molecule has 1 aromatic carbocycles. The average Bonchev–Trinajstić information content (AvgIpc) is 2.59. The molecule has 2 aromatic heterocycles. The fourth-order valence-corrected chi connectivity index (χ4v) is 2.32. The third kappa shape index (κ3) is 1.13. The number of rotatable bonds is 0. The molecule has 0 fully saturated rings. The van der Waals surface area contributed by atoms with Crippen LogP contribution in [-0.4, -0.2) is 14.2 Å². The monoisotopic (exact) mass is 252 g/mol. The van der Waals surface area contributed by atoms with E-state index in [0.29, 0.717) is 5.52 Å². The fourth-order valence-electron chi connectivity index (χ4n) is 1.86. The number of aromatic nitrogens is 2. The van der Waals surface area contributed by atoms with Crippen molar-refractivity contribution in [3.63, 3.8) is 0 Å². The first-order chi connectivity index (χ1) is 7.70. The molecule has 3 aromatic rings. The van der Waals surface area contributed by atoms with Gasteiger partial charge in [-0.05, 0) is 12.1 Å². The lowest BCUT2D eigenvalue weighted by molar-refractivity contribution is 0.480. The van der Waals surface area contributed by atoms with Crippen molar-refractivity contribution in [2.24, 2.45) is 0 Å². The molecule has 0 aliphatic heterocycles. The van der Waals surface area contributed by atoms with Crippen molar-refractivity contribution in [3.8, 4) is 5.75 Å². The predicted molar refractivity (Wildman–Crippen MR) is 65.2 cm³/mol. The second-order valence-electron chi connectivity index (χ2n) is 3.47. The van der Waals surface area contributed by atoms with Gasteiger partial charge in [0, 0.05) is 28.7 Å². The molecule has 0 saturated carbocycles. The van der Waals surface area contributed by atoms with Gasteiger partial charge in [-0.3, -0.25) is 4.98 Å². The van der Waals surface area contributed by atoms with E-state index in [0.717, 1.165) is 16.3 Å². The van der Waals surface area contributed by atoms with E-state index in [1.54, 1.807) is 18.5 Å². The minimum atomic E-state index is -0.00892. The summed E-state index contributed by atoms with van der Waals surface area (Å²) >= 11 is 12.0. The first-order valence-electron chi connectivity index (χ1n) is 4.62. The lowest BCUT2D eigenvalue weighted by Crippen LogP contribution is -1.80. The molecule has 0 atom stereocenters. The summed E-state index contributed by atoms with van der Waals surface area (Å²) in [4.78, 5) is 4.00. The lowest BCUT2D eigenvalue weighted by atomic mass is 10.2. The molecular formula is C11H6Cl2N2O. The van der Waals surface area contributed by atoms with E-state index in [-0.39, 0.29) is 10.8 Å². The van der Waals surface area contributed by atoms with Gasteiger partial charge in [-0.25, -0.2) is 4.09 Å². The van der Waals surface area contributed by atoms with Gasteiger partial charge in [-0.2, -0.15) is 0 Å². The Balaban J connectivity index is 2.67. The predicted octanol–water partition coefficient (Wildman–Crippen LogP) is 3.55. The summed E-state index contributed by atoms with van der Waals surface area (Å²) in [5.74, 6) is -0.00892. The Kier molecular flexibility index (Phi) is 1.99. The van der Waals surface area contributed by atoms with Gasteiger partial charge in [0.2, 0.25) is 0 Å². The van der Waals surface area contributed by atoms with Crippen LogP contribution in [0.5, 0.6) is 5.75 Å². The van der Waals surface area contributed by atoms with Gasteiger partial charge in [0.15, 0.2) is 5.75 Å². The minimum Gasteiger partial charge on any atom is -0.504 e. The van der Waals surface area contributed by atoms with E-state index in [1.165, 1.54) is 4.09 Å². The van der Waals surface area contributed by atoms with Crippen molar-refractivity contribution in [2.45, 2.75) is 0 Å². The number of phenols is 1. The topological polar surface area (TPSA) is 38.1 Å². The van der Waals surface area contributed by atoms with Gasteiger partial charge >= 0.3 is 0 Å². The highest BCUT2D eigenvalue weighted by Gasteiger charge is 2.14. The SMILES string of the molecule is Oc1c(Cl)ccc2c3ccncc3n(Cl)c12. The van der Waals surface area contributed by atoms with Crippen LogP contribution in [0.4, 0.5) is 0 Å². The largest absolute Gasteiger partial charge is 0.504 e. The van der Waals surface area contributed by atoms with E-state index >= 15 is 0 Å². The number of aromatic hydroxyl groups is 1. The lowest BCUT2D eigenvalue weighted by Gasteiger charge is -1.99. The Morgan fingerprint density at radius 1 is 1.19 bits per heavy atom. The summed E-state index contributed by atoms with van der Waals surface area (Å²) < 4.78 is 1.37. The van der Waals surface area contributed by atoms with Crippen LogP contribution in [0.3, 0.4) is 0 Å². The van der Waals surface area contributed by atoms with E-state index in [2.05, 4.69) is 4.98 Å². The van der Waals surface area contributed by atoms with E-state index < -0.39 is 0 Å². The molecule has 0 unspecified atom stereocenters. The highest BCUT2D eigenvalue weighted by atomic mass is 35.5. The van der Waals surface area contributed by atoms with Crippen molar-refractivity contribution in [2.75, 3.05) is 0 Å². The van der Waals surface area contributed by atoms with Gasteiger partial charge in [-0.1, -0.05) is 17.7 Å². The highest BCUT2D eigenvalue weighted by molar-refractivity contribution is 6.35. The number of nitrogens with zero attached hydrogens (tertiary/aromatic N) is 2. The molecule has 0 saturated heterocycles. The maximum atomic E-state index is 9.88. The first kappa shape index (κ1) is 9.75. The van der Waals surface area contributed by atoms with Gasteiger partial charge in [0.05, 0.1) is 16.7 Å². The van der Waals surface area contributed by atoms with Crippen LogP contribution in [0, 0.1) is 0 Å². The molecule has 16 heavy (non-hydrogen) atoms. The number of fused-ring (bicyclic) bond motifs is 3. The van der Waals surface area contributed by atoms with Crippen LogP contribution >= 0.6 is 23.4 Å². The van der Waals surface area contributed by atoms with Crippen molar-refractivity contribution >= 4 is 45.2 Å². The summed E-state index contributed by atoms with van der Waals surface area (Å²) in [6, 6.07) is 5.33. The molecule has 0 bridgehead atoms. The Morgan fingerprint density at radius 3 is 2.81 bits per heavy atom. The third-order valence-electron chi connectivity index (χ3n) is 2.60. The number of pyridine rings is 1. The molecule has 0 aliphatic carbocycles. The number of halogens is 2. The standard InChI is InChI=1S/C11H6Cl2N2O/c12-8-2-1-7-6-3-4-14-5-9(6)15(13)10(7)11(8)16/h1-5,16H. The average molecular weight is 253 g/mol. The second kappa shape index (κ2) is 3.27. The summed E-state index contributed by atoms with van der Waals surface area (Å²) in [7, 11) is 0. The molecule has 80 valence electrons. The van der Waals surface area contributed by atoms with Crippen LogP contribution < -0.4 is 0 Å². The van der Waals surface area contributed by atoms with Gasteiger partial charge < -0.3 is 5.11 Å². The highest BCUT2D eigenvalue weighted by Crippen LogP contribution is 2.38. The maximum absolute atomic E-state index is 9.88. The number of benzene rings is 1. The van der Waals surface area contributed by atoms with Crippen molar-refractivity contribution < 1.29 is 5.11 Å². The maximum Gasteiger partial charge on any atom is 0.159 e. The summed E-state index contributed by atoms with van der Waals surface area (Å²) in [6.07, 6.45) is 3.33. The number of phenolic OH excluding ortho intramolecular Hbond substituents is 1. The Bertz CT molecular complexity index is 706. The van der Waals surface area contributed by atoms with Crippen molar-refractivity contribution in [3.05, 3.63) is 35.6 Å². The third-order valence-corrected chi connectivity index (χ3v) is 3.26. The molecule has 0 amide bonds. The van der Waals surface area contributed by atoms with Crippen LogP contribution in [0.25, 0.3) is 21.8 Å². The second-order valence-corrected chi connectivity index (χ2v) is 4.21. The fraction of sp³-hybridized carbons (Fsp3) is 0. The van der Waals surface area contributed by atoms with Gasteiger partial charge in [-0.15, -0.1) is 0 Å². The van der Waals surface area contributed by atoms with Crippen molar-refractivity contribution in [1.29, 1.82) is 0 Å². The quantitative estimate of drug-likeness (QED) is 0.665. The first-order valence-corrected chi connectivity index (χ1v) is 5.33. The Hall–Kier alpha value is -1.45.